The summed E-state index contributed by atoms with van der Waals surface area (Å²) in [6.45, 7) is 11.1. The predicted octanol–water partition coefficient (Wildman–Crippen LogP) is 1.80. The van der Waals surface area contributed by atoms with E-state index < -0.39 is 0 Å². The zero-order valence-electron chi connectivity index (χ0n) is 17.4. The first-order valence-corrected chi connectivity index (χ1v) is 11.1. The highest BCUT2D eigenvalue weighted by molar-refractivity contribution is 5.82. The monoisotopic (exact) mass is 378 g/mol. The lowest BCUT2D eigenvalue weighted by molar-refractivity contribution is -0.141. The normalized spacial score (nSPS) is 26.8. The van der Waals surface area contributed by atoms with Gasteiger partial charge in [0, 0.05) is 51.9 Å². The minimum atomic E-state index is -0.0444. The molecule has 3 aliphatic rings. The third kappa shape index (κ3) is 5.23. The van der Waals surface area contributed by atoms with E-state index in [2.05, 4.69) is 28.5 Å². The number of piperazine rings is 1. The average Bonchev–Trinajstić information content (AvgIpc) is 2.73. The van der Waals surface area contributed by atoms with Crippen molar-refractivity contribution in [2.45, 2.75) is 70.9 Å². The van der Waals surface area contributed by atoms with Crippen LogP contribution in [0.1, 0.15) is 58.8 Å². The minimum absolute atomic E-state index is 0.0444. The van der Waals surface area contributed by atoms with Crippen molar-refractivity contribution < 1.29 is 9.59 Å². The number of piperidine rings is 2. The van der Waals surface area contributed by atoms with Gasteiger partial charge in [-0.1, -0.05) is 6.92 Å². The molecule has 2 unspecified atom stereocenters. The molecule has 3 heterocycles. The zero-order chi connectivity index (χ0) is 19.2. The second-order valence-electron chi connectivity index (χ2n) is 8.52. The molecule has 0 saturated carbocycles. The number of likely N-dealkylation sites (tertiary alicyclic amines) is 2. The number of nitrogens with zero attached hydrogens (tertiary/aromatic N) is 4. The molecule has 0 bridgehead atoms. The van der Waals surface area contributed by atoms with Gasteiger partial charge in [0.1, 0.15) is 0 Å². The van der Waals surface area contributed by atoms with Crippen molar-refractivity contribution >= 4 is 11.8 Å². The van der Waals surface area contributed by atoms with E-state index in [0.717, 1.165) is 77.9 Å². The van der Waals surface area contributed by atoms with Crippen LogP contribution in [0.15, 0.2) is 0 Å². The Kier molecular flexibility index (Phi) is 7.53. The molecule has 3 aliphatic heterocycles. The summed E-state index contributed by atoms with van der Waals surface area (Å²) in [7, 11) is 0. The van der Waals surface area contributed by atoms with Crippen LogP contribution in [0.2, 0.25) is 0 Å². The lowest BCUT2D eigenvalue weighted by Gasteiger charge is -2.42. The quantitative estimate of drug-likeness (QED) is 0.732. The van der Waals surface area contributed by atoms with Gasteiger partial charge in [0.2, 0.25) is 11.8 Å². The Balaban J connectivity index is 1.45. The summed E-state index contributed by atoms with van der Waals surface area (Å²) in [5, 5.41) is 0. The third-order valence-electron chi connectivity index (χ3n) is 6.76. The molecular weight excluding hydrogens is 340 g/mol. The maximum absolute atomic E-state index is 13.0. The first-order valence-electron chi connectivity index (χ1n) is 11.1. The van der Waals surface area contributed by atoms with Gasteiger partial charge in [-0.05, 0) is 51.9 Å². The van der Waals surface area contributed by atoms with Gasteiger partial charge in [-0.15, -0.1) is 0 Å². The summed E-state index contributed by atoms with van der Waals surface area (Å²) >= 11 is 0. The number of amides is 2. The van der Waals surface area contributed by atoms with E-state index in [9.17, 15) is 9.59 Å². The Morgan fingerprint density at radius 1 is 0.889 bits per heavy atom. The van der Waals surface area contributed by atoms with Crippen LogP contribution in [0, 0.1) is 0 Å². The van der Waals surface area contributed by atoms with Crippen molar-refractivity contribution in [1.29, 1.82) is 0 Å². The zero-order valence-corrected chi connectivity index (χ0v) is 17.4. The van der Waals surface area contributed by atoms with Gasteiger partial charge in [-0.25, -0.2) is 0 Å². The molecule has 0 aliphatic carbocycles. The van der Waals surface area contributed by atoms with Gasteiger partial charge in [0.15, 0.2) is 0 Å². The summed E-state index contributed by atoms with van der Waals surface area (Å²) in [5.41, 5.74) is 0. The number of carbonyl (C=O) groups excluding carboxylic acids is 2. The van der Waals surface area contributed by atoms with Crippen molar-refractivity contribution in [3.63, 3.8) is 0 Å². The van der Waals surface area contributed by atoms with Crippen LogP contribution < -0.4 is 0 Å². The second kappa shape index (κ2) is 9.87. The van der Waals surface area contributed by atoms with Crippen LogP contribution in [0.4, 0.5) is 0 Å². The van der Waals surface area contributed by atoms with Crippen molar-refractivity contribution in [1.82, 2.24) is 19.6 Å². The van der Waals surface area contributed by atoms with Crippen molar-refractivity contribution in [3.8, 4) is 0 Å². The fraction of sp³-hybridized carbons (Fsp3) is 0.905. The molecule has 6 heteroatoms. The highest BCUT2D eigenvalue weighted by Gasteiger charge is 2.33. The molecule has 6 nitrogen and oxygen atoms in total. The maximum atomic E-state index is 13.0. The molecule has 0 radical (unpaired) electrons. The van der Waals surface area contributed by atoms with Gasteiger partial charge in [-0.3, -0.25) is 19.4 Å². The SMILES string of the molecule is CCC1CCCCN1C(=O)C(C)N1CCN(CC(=O)N2CCCCC2)CC1. The Bertz CT molecular complexity index is 498. The summed E-state index contributed by atoms with van der Waals surface area (Å²) in [6.07, 6.45) is 8.15. The van der Waals surface area contributed by atoms with Crippen molar-refractivity contribution in [3.05, 3.63) is 0 Å². The molecule has 3 saturated heterocycles. The number of rotatable bonds is 5. The van der Waals surface area contributed by atoms with E-state index in [1.165, 1.54) is 12.8 Å². The molecule has 0 N–H and O–H groups in total. The van der Waals surface area contributed by atoms with Crippen LogP contribution in [-0.2, 0) is 9.59 Å². The molecule has 0 aromatic heterocycles. The summed E-state index contributed by atoms with van der Waals surface area (Å²) in [5.74, 6) is 0.589. The number of hydrogen-bond donors (Lipinski definition) is 0. The predicted molar refractivity (Wildman–Crippen MR) is 108 cm³/mol. The van der Waals surface area contributed by atoms with Gasteiger partial charge < -0.3 is 9.80 Å². The molecule has 0 aromatic rings. The van der Waals surface area contributed by atoms with Crippen LogP contribution >= 0.6 is 0 Å². The summed E-state index contributed by atoms with van der Waals surface area (Å²) in [6, 6.07) is 0.384. The van der Waals surface area contributed by atoms with Crippen molar-refractivity contribution in [2.75, 3.05) is 52.4 Å². The molecule has 2 amide bonds. The van der Waals surface area contributed by atoms with Gasteiger partial charge in [0.05, 0.1) is 12.6 Å². The Morgan fingerprint density at radius 3 is 2.22 bits per heavy atom. The smallest absolute Gasteiger partial charge is 0.239 e. The molecule has 2 atom stereocenters. The Hall–Kier alpha value is -1.14. The maximum Gasteiger partial charge on any atom is 0.239 e. The van der Waals surface area contributed by atoms with E-state index in [4.69, 9.17) is 0 Å². The largest absolute Gasteiger partial charge is 0.342 e. The van der Waals surface area contributed by atoms with Crippen LogP contribution in [0.3, 0.4) is 0 Å². The van der Waals surface area contributed by atoms with Gasteiger partial charge in [-0.2, -0.15) is 0 Å². The second-order valence-corrected chi connectivity index (χ2v) is 8.52. The molecular formula is C21H38N4O2. The fourth-order valence-corrected chi connectivity index (χ4v) is 4.85. The fourth-order valence-electron chi connectivity index (χ4n) is 4.85. The molecule has 27 heavy (non-hydrogen) atoms. The van der Waals surface area contributed by atoms with E-state index in [1.54, 1.807) is 0 Å². The molecule has 0 spiro atoms. The first kappa shape index (κ1) is 20.6. The molecule has 0 aromatic carbocycles. The van der Waals surface area contributed by atoms with Crippen molar-refractivity contribution in [2.24, 2.45) is 0 Å². The number of hydrogen-bond acceptors (Lipinski definition) is 4. The summed E-state index contributed by atoms with van der Waals surface area (Å²) < 4.78 is 0. The van der Waals surface area contributed by atoms with E-state index in [-0.39, 0.29) is 11.9 Å². The highest BCUT2D eigenvalue weighted by atomic mass is 16.2. The third-order valence-corrected chi connectivity index (χ3v) is 6.76. The minimum Gasteiger partial charge on any atom is -0.342 e. The first-order chi connectivity index (χ1) is 13.1. The average molecular weight is 379 g/mol. The van der Waals surface area contributed by atoms with Gasteiger partial charge in [0.25, 0.3) is 0 Å². The molecule has 3 fully saturated rings. The lowest BCUT2D eigenvalue weighted by Crippen LogP contribution is -2.57. The summed E-state index contributed by atoms with van der Waals surface area (Å²) in [4.78, 5) is 34.3. The number of carbonyl (C=O) groups is 2. The molecule has 154 valence electrons. The highest BCUT2D eigenvalue weighted by Crippen LogP contribution is 2.22. The van der Waals surface area contributed by atoms with Crippen LogP contribution in [0.25, 0.3) is 0 Å². The van der Waals surface area contributed by atoms with E-state index in [1.807, 2.05) is 4.90 Å². The standard InChI is InChI=1S/C21H38N4O2/c1-3-19-9-5-8-12-25(19)21(27)18(2)23-15-13-22(14-16-23)17-20(26)24-10-6-4-7-11-24/h18-19H,3-17H2,1-2H3. The topological polar surface area (TPSA) is 47.1 Å². The van der Waals surface area contributed by atoms with E-state index >= 15 is 0 Å². The molecule has 3 rings (SSSR count). The van der Waals surface area contributed by atoms with Gasteiger partial charge >= 0.3 is 0 Å². The van der Waals surface area contributed by atoms with E-state index in [0.29, 0.717) is 18.5 Å². The van der Waals surface area contributed by atoms with Crippen LogP contribution in [-0.4, -0.2) is 95.9 Å². The lowest BCUT2D eigenvalue weighted by atomic mass is 9.99. The Morgan fingerprint density at radius 2 is 1.56 bits per heavy atom. The Labute approximate surface area is 164 Å². The van der Waals surface area contributed by atoms with Crippen LogP contribution in [0.5, 0.6) is 0 Å².